The molecule has 164 valence electrons. The maximum atomic E-state index is 13.3. The Kier molecular flexibility index (Phi) is 8.54. The number of amides is 1. The molecule has 0 bridgehead atoms. The summed E-state index contributed by atoms with van der Waals surface area (Å²) in [4.78, 5) is 21.1. The zero-order valence-corrected chi connectivity index (χ0v) is 19.2. The molecule has 3 aromatic rings. The summed E-state index contributed by atoms with van der Waals surface area (Å²) in [6, 6.07) is 14.2. The van der Waals surface area contributed by atoms with Gasteiger partial charge in [-0.3, -0.25) is 9.69 Å². The number of rotatable bonds is 10. The number of carbonyl (C=O) groups excluding carboxylic acids is 1. The van der Waals surface area contributed by atoms with E-state index in [2.05, 4.69) is 15.2 Å². The van der Waals surface area contributed by atoms with E-state index in [9.17, 15) is 9.18 Å². The molecule has 2 aromatic carbocycles. The Labute approximate surface area is 191 Å². The second kappa shape index (κ2) is 11.3. The number of hydrogen-bond donors (Lipinski definition) is 1. The summed E-state index contributed by atoms with van der Waals surface area (Å²) in [5.74, 6) is -0.412. The SMILES string of the molecule is CN(C)CCNC(=O)c1csc(CN(Cc2ccc(F)cc2)Cc2ccc(Cl)cc2)n1. The van der Waals surface area contributed by atoms with Gasteiger partial charge in [0.1, 0.15) is 16.5 Å². The van der Waals surface area contributed by atoms with Crippen molar-refractivity contribution in [2.75, 3.05) is 27.2 Å². The first-order valence-electron chi connectivity index (χ1n) is 9.97. The molecule has 1 N–H and O–H groups in total. The lowest BCUT2D eigenvalue weighted by Gasteiger charge is -2.21. The van der Waals surface area contributed by atoms with E-state index in [-0.39, 0.29) is 11.7 Å². The van der Waals surface area contributed by atoms with Crippen LogP contribution in [0, 0.1) is 5.82 Å². The summed E-state index contributed by atoms with van der Waals surface area (Å²) in [6.07, 6.45) is 0. The van der Waals surface area contributed by atoms with Gasteiger partial charge in [0.2, 0.25) is 0 Å². The number of hydrogen-bond acceptors (Lipinski definition) is 5. The topological polar surface area (TPSA) is 48.5 Å². The fourth-order valence-electron chi connectivity index (χ4n) is 3.03. The molecule has 1 heterocycles. The van der Waals surface area contributed by atoms with Crippen LogP contribution in [0.3, 0.4) is 0 Å². The van der Waals surface area contributed by atoms with Gasteiger partial charge in [-0.1, -0.05) is 35.9 Å². The molecule has 8 heteroatoms. The largest absolute Gasteiger partial charge is 0.349 e. The first-order valence-corrected chi connectivity index (χ1v) is 11.2. The van der Waals surface area contributed by atoms with Crippen LogP contribution in [0.2, 0.25) is 5.02 Å². The van der Waals surface area contributed by atoms with Gasteiger partial charge in [0.05, 0.1) is 6.54 Å². The van der Waals surface area contributed by atoms with Crippen molar-refractivity contribution in [3.63, 3.8) is 0 Å². The summed E-state index contributed by atoms with van der Waals surface area (Å²) in [6.45, 7) is 3.24. The van der Waals surface area contributed by atoms with Gasteiger partial charge in [-0.2, -0.15) is 0 Å². The number of nitrogens with one attached hydrogen (secondary N) is 1. The number of thiazole rings is 1. The average molecular weight is 461 g/mol. The fourth-order valence-corrected chi connectivity index (χ4v) is 3.97. The molecule has 5 nitrogen and oxygen atoms in total. The standard InChI is InChI=1S/C23H26ClFN4OS/c1-28(2)12-11-26-23(30)21-16-31-22(27-21)15-29(13-17-3-7-19(24)8-4-17)14-18-5-9-20(25)10-6-18/h3-10,16H,11-15H2,1-2H3,(H,26,30). The van der Waals surface area contributed by atoms with Crippen LogP contribution in [0.4, 0.5) is 4.39 Å². The van der Waals surface area contributed by atoms with Crippen LogP contribution in [0.25, 0.3) is 0 Å². The number of aromatic nitrogens is 1. The van der Waals surface area contributed by atoms with E-state index in [0.717, 1.165) is 22.7 Å². The highest BCUT2D eigenvalue weighted by Crippen LogP contribution is 2.19. The molecule has 31 heavy (non-hydrogen) atoms. The van der Waals surface area contributed by atoms with Crippen LogP contribution in [0.1, 0.15) is 26.6 Å². The van der Waals surface area contributed by atoms with Crippen LogP contribution in [0.15, 0.2) is 53.9 Å². The van der Waals surface area contributed by atoms with Crippen molar-refractivity contribution in [3.8, 4) is 0 Å². The zero-order chi connectivity index (χ0) is 22.2. The van der Waals surface area contributed by atoms with Crippen LogP contribution in [-0.4, -0.2) is 47.9 Å². The highest BCUT2D eigenvalue weighted by molar-refractivity contribution is 7.09. The van der Waals surface area contributed by atoms with Crippen molar-refractivity contribution in [3.05, 3.63) is 86.6 Å². The Hall–Kier alpha value is -2.32. The molecule has 0 spiro atoms. The molecular formula is C23H26ClFN4OS. The van der Waals surface area contributed by atoms with E-state index >= 15 is 0 Å². The highest BCUT2D eigenvalue weighted by atomic mass is 35.5. The molecule has 0 aliphatic heterocycles. The molecule has 1 amide bonds. The van der Waals surface area contributed by atoms with Crippen LogP contribution < -0.4 is 5.32 Å². The summed E-state index contributed by atoms with van der Waals surface area (Å²) >= 11 is 7.48. The third-order valence-corrected chi connectivity index (χ3v) is 5.71. The minimum absolute atomic E-state index is 0.160. The molecule has 1 aromatic heterocycles. The van der Waals surface area contributed by atoms with Gasteiger partial charge in [-0.05, 0) is 49.5 Å². The molecule has 0 fully saturated rings. The van der Waals surface area contributed by atoms with Crippen LogP contribution in [-0.2, 0) is 19.6 Å². The van der Waals surface area contributed by atoms with E-state index in [1.54, 1.807) is 17.5 Å². The Bertz CT molecular complexity index is 929. The quantitative estimate of drug-likeness (QED) is 0.486. The van der Waals surface area contributed by atoms with Gasteiger partial charge in [-0.15, -0.1) is 11.3 Å². The lowest BCUT2D eigenvalue weighted by Crippen LogP contribution is -2.31. The third kappa shape index (κ3) is 7.70. The van der Waals surface area contributed by atoms with Gasteiger partial charge in [-0.25, -0.2) is 9.37 Å². The van der Waals surface area contributed by atoms with Crippen molar-refractivity contribution < 1.29 is 9.18 Å². The third-order valence-electron chi connectivity index (χ3n) is 4.63. The van der Waals surface area contributed by atoms with Gasteiger partial charge < -0.3 is 10.2 Å². The Balaban J connectivity index is 1.68. The van der Waals surface area contributed by atoms with Crippen molar-refractivity contribution in [2.45, 2.75) is 19.6 Å². The Morgan fingerprint density at radius 2 is 1.65 bits per heavy atom. The molecule has 0 saturated heterocycles. The van der Waals surface area contributed by atoms with Crippen LogP contribution in [0.5, 0.6) is 0 Å². The van der Waals surface area contributed by atoms with Gasteiger partial charge in [0.25, 0.3) is 5.91 Å². The molecule has 0 aliphatic carbocycles. The van der Waals surface area contributed by atoms with Gasteiger partial charge in [0, 0.05) is 36.6 Å². The van der Waals surface area contributed by atoms with Gasteiger partial charge in [0.15, 0.2) is 0 Å². The second-order valence-electron chi connectivity index (χ2n) is 7.58. The van der Waals surface area contributed by atoms with E-state index < -0.39 is 0 Å². The number of halogens is 2. The minimum Gasteiger partial charge on any atom is -0.349 e. The molecule has 0 aliphatic rings. The monoisotopic (exact) mass is 460 g/mol. The summed E-state index contributed by atoms with van der Waals surface area (Å²) in [5, 5.41) is 6.23. The maximum Gasteiger partial charge on any atom is 0.270 e. The highest BCUT2D eigenvalue weighted by Gasteiger charge is 2.14. The number of benzene rings is 2. The lowest BCUT2D eigenvalue weighted by atomic mass is 10.1. The van der Waals surface area contributed by atoms with Crippen molar-refractivity contribution in [1.82, 2.24) is 20.1 Å². The van der Waals surface area contributed by atoms with Gasteiger partial charge >= 0.3 is 0 Å². The first-order chi connectivity index (χ1) is 14.9. The lowest BCUT2D eigenvalue weighted by molar-refractivity contribution is 0.0946. The summed E-state index contributed by atoms with van der Waals surface area (Å²) in [5.41, 5.74) is 2.56. The first kappa shape index (κ1) is 23.3. The van der Waals surface area contributed by atoms with E-state index in [1.807, 2.05) is 43.3 Å². The maximum absolute atomic E-state index is 13.3. The smallest absolute Gasteiger partial charge is 0.270 e. The van der Waals surface area contributed by atoms with Crippen molar-refractivity contribution in [1.29, 1.82) is 0 Å². The predicted molar refractivity (Wildman–Crippen MR) is 124 cm³/mol. The summed E-state index contributed by atoms with van der Waals surface area (Å²) in [7, 11) is 3.92. The summed E-state index contributed by atoms with van der Waals surface area (Å²) < 4.78 is 13.3. The van der Waals surface area contributed by atoms with E-state index in [1.165, 1.54) is 23.5 Å². The molecular weight excluding hydrogens is 435 g/mol. The molecule has 3 rings (SSSR count). The molecule has 0 saturated carbocycles. The molecule has 0 unspecified atom stereocenters. The van der Waals surface area contributed by atoms with Crippen LogP contribution >= 0.6 is 22.9 Å². The number of likely N-dealkylation sites (N-methyl/N-ethyl adjacent to an activating group) is 1. The fraction of sp³-hybridized carbons (Fsp3) is 0.304. The Morgan fingerprint density at radius 1 is 1.03 bits per heavy atom. The predicted octanol–water partition coefficient (Wildman–Crippen LogP) is 4.43. The zero-order valence-electron chi connectivity index (χ0n) is 17.6. The van der Waals surface area contributed by atoms with Crippen molar-refractivity contribution in [2.24, 2.45) is 0 Å². The molecule has 0 atom stereocenters. The van der Waals surface area contributed by atoms with E-state index in [4.69, 9.17) is 11.6 Å². The number of carbonyl (C=O) groups is 1. The van der Waals surface area contributed by atoms with Crippen molar-refractivity contribution >= 4 is 28.8 Å². The normalized spacial score (nSPS) is 11.3. The average Bonchev–Trinajstić information content (AvgIpc) is 3.19. The molecule has 0 radical (unpaired) electrons. The van der Waals surface area contributed by atoms with E-state index in [0.29, 0.717) is 36.9 Å². The number of nitrogens with zero attached hydrogens (tertiary/aromatic N) is 3. The second-order valence-corrected chi connectivity index (χ2v) is 8.96. The minimum atomic E-state index is -0.252. The Morgan fingerprint density at radius 3 is 2.26 bits per heavy atom.